The minimum atomic E-state index is -0.928. The number of hydrogen-bond donors (Lipinski definition) is 2. The Labute approximate surface area is 149 Å². The topological polar surface area (TPSA) is 104 Å². The number of amides is 3. The highest BCUT2D eigenvalue weighted by Crippen LogP contribution is 2.22. The third-order valence-corrected chi connectivity index (χ3v) is 4.03. The predicted octanol–water partition coefficient (Wildman–Crippen LogP) is 1.94. The molecule has 0 aliphatic carbocycles. The summed E-state index contributed by atoms with van der Waals surface area (Å²) in [6, 6.07) is 13.0. The van der Waals surface area contributed by atoms with Crippen molar-refractivity contribution in [2.75, 3.05) is 11.9 Å². The van der Waals surface area contributed by atoms with E-state index in [0.29, 0.717) is 22.4 Å². The van der Waals surface area contributed by atoms with Crippen molar-refractivity contribution < 1.29 is 24.3 Å². The number of nitrogens with zero attached hydrogens (tertiary/aromatic N) is 1. The van der Waals surface area contributed by atoms with E-state index in [4.69, 9.17) is 5.11 Å². The number of nitrogens with one attached hydrogen (secondary N) is 1. The van der Waals surface area contributed by atoms with Gasteiger partial charge < -0.3 is 10.4 Å². The molecule has 2 aromatic rings. The van der Waals surface area contributed by atoms with Gasteiger partial charge in [0.25, 0.3) is 11.8 Å². The molecular weight excluding hydrogens is 336 g/mol. The van der Waals surface area contributed by atoms with Crippen LogP contribution in [0.5, 0.6) is 0 Å². The van der Waals surface area contributed by atoms with Crippen molar-refractivity contribution in [3.8, 4) is 0 Å². The molecule has 0 saturated heterocycles. The van der Waals surface area contributed by atoms with Gasteiger partial charge in [-0.25, -0.2) is 0 Å². The van der Waals surface area contributed by atoms with Crippen LogP contribution < -0.4 is 5.32 Å². The van der Waals surface area contributed by atoms with Crippen molar-refractivity contribution in [3.63, 3.8) is 0 Å². The zero-order valence-electron chi connectivity index (χ0n) is 13.8. The van der Waals surface area contributed by atoms with Gasteiger partial charge in [0.15, 0.2) is 0 Å². The first-order valence-electron chi connectivity index (χ1n) is 8.01. The summed E-state index contributed by atoms with van der Waals surface area (Å²) in [4.78, 5) is 48.2. The lowest BCUT2D eigenvalue weighted by Gasteiger charge is -2.13. The average Bonchev–Trinajstić information content (AvgIpc) is 2.86. The molecule has 0 radical (unpaired) electrons. The molecule has 0 unspecified atom stereocenters. The summed E-state index contributed by atoms with van der Waals surface area (Å²) in [6.07, 6.45) is -0.115. The van der Waals surface area contributed by atoms with Crippen molar-refractivity contribution in [2.45, 2.75) is 12.8 Å². The number of imide groups is 1. The van der Waals surface area contributed by atoms with E-state index in [0.717, 1.165) is 4.90 Å². The largest absolute Gasteiger partial charge is 0.481 e. The van der Waals surface area contributed by atoms with Crippen LogP contribution in [-0.2, 0) is 16.0 Å². The van der Waals surface area contributed by atoms with Gasteiger partial charge in [0.05, 0.1) is 17.5 Å². The van der Waals surface area contributed by atoms with Crippen LogP contribution in [0.15, 0.2) is 48.5 Å². The van der Waals surface area contributed by atoms with Gasteiger partial charge in [-0.2, -0.15) is 0 Å². The number of carboxylic acids is 1. The summed E-state index contributed by atoms with van der Waals surface area (Å²) in [5.74, 6) is -2.05. The lowest BCUT2D eigenvalue weighted by molar-refractivity contribution is -0.136. The monoisotopic (exact) mass is 352 g/mol. The fourth-order valence-electron chi connectivity index (χ4n) is 2.76. The van der Waals surface area contributed by atoms with E-state index in [1.54, 1.807) is 48.5 Å². The van der Waals surface area contributed by atoms with Gasteiger partial charge in [0, 0.05) is 18.7 Å². The highest BCUT2D eigenvalue weighted by Gasteiger charge is 2.34. The maximum atomic E-state index is 12.2. The molecule has 0 saturated carbocycles. The molecule has 26 heavy (non-hydrogen) atoms. The summed E-state index contributed by atoms with van der Waals surface area (Å²) in [5.41, 5.74) is 1.85. The Morgan fingerprint density at radius 3 is 2.04 bits per heavy atom. The minimum Gasteiger partial charge on any atom is -0.481 e. The molecule has 0 spiro atoms. The Morgan fingerprint density at radius 1 is 0.923 bits per heavy atom. The first kappa shape index (κ1) is 17.3. The van der Waals surface area contributed by atoms with Crippen molar-refractivity contribution in [1.82, 2.24) is 4.90 Å². The number of rotatable bonds is 6. The summed E-state index contributed by atoms with van der Waals surface area (Å²) >= 11 is 0. The lowest BCUT2D eigenvalue weighted by atomic mass is 10.1. The second kappa shape index (κ2) is 7.18. The molecule has 1 aliphatic heterocycles. The SMILES string of the molecule is O=C(O)Cc1ccc(NC(=O)CCN2C(=O)c3ccccc3C2=O)cc1. The Bertz CT molecular complexity index is 854. The molecule has 7 heteroatoms. The molecule has 2 aromatic carbocycles. The van der Waals surface area contributed by atoms with Crippen LogP contribution in [-0.4, -0.2) is 40.2 Å². The second-order valence-corrected chi connectivity index (χ2v) is 5.87. The zero-order chi connectivity index (χ0) is 18.7. The van der Waals surface area contributed by atoms with E-state index >= 15 is 0 Å². The predicted molar refractivity (Wildman–Crippen MR) is 92.8 cm³/mol. The van der Waals surface area contributed by atoms with Crippen LogP contribution >= 0.6 is 0 Å². The van der Waals surface area contributed by atoms with E-state index in [1.807, 2.05) is 0 Å². The van der Waals surface area contributed by atoms with Crippen LogP contribution in [0.4, 0.5) is 5.69 Å². The summed E-state index contributed by atoms with van der Waals surface area (Å²) < 4.78 is 0. The van der Waals surface area contributed by atoms with Crippen LogP contribution in [0.2, 0.25) is 0 Å². The number of anilines is 1. The van der Waals surface area contributed by atoms with E-state index in [2.05, 4.69) is 5.32 Å². The molecule has 0 atom stereocenters. The highest BCUT2D eigenvalue weighted by molar-refractivity contribution is 6.21. The molecular formula is C19H16N2O5. The fourth-order valence-corrected chi connectivity index (χ4v) is 2.76. The third-order valence-electron chi connectivity index (χ3n) is 4.03. The molecule has 1 heterocycles. The maximum Gasteiger partial charge on any atom is 0.307 e. The smallest absolute Gasteiger partial charge is 0.307 e. The van der Waals surface area contributed by atoms with E-state index in [-0.39, 0.29) is 25.3 Å². The summed E-state index contributed by atoms with van der Waals surface area (Å²) in [5, 5.41) is 11.4. The number of fused-ring (bicyclic) bond motifs is 1. The summed E-state index contributed by atoms with van der Waals surface area (Å²) in [7, 11) is 0. The van der Waals surface area contributed by atoms with Gasteiger partial charge in [-0.05, 0) is 29.8 Å². The van der Waals surface area contributed by atoms with Crippen molar-refractivity contribution in [3.05, 3.63) is 65.2 Å². The molecule has 0 bridgehead atoms. The number of carbonyl (C=O) groups is 4. The lowest BCUT2D eigenvalue weighted by Crippen LogP contribution is -2.32. The van der Waals surface area contributed by atoms with Crippen LogP contribution in [0.25, 0.3) is 0 Å². The van der Waals surface area contributed by atoms with Gasteiger partial charge in [-0.15, -0.1) is 0 Å². The van der Waals surface area contributed by atoms with Gasteiger partial charge in [0.1, 0.15) is 0 Å². The Balaban J connectivity index is 1.56. The van der Waals surface area contributed by atoms with Crippen LogP contribution in [0.1, 0.15) is 32.7 Å². The van der Waals surface area contributed by atoms with Crippen LogP contribution in [0, 0.1) is 0 Å². The minimum absolute atomic E-state index is 0.00468. The number of hydrogen-bond acceptors (Lipinski definition) is 4. The van der Waals surface area contributed by atoms with Gasteiger partial charge >= 0.3 is 5.97 Å². The standard InChI is InChI=1S/C19H16N2O5/c22-16(20-13-7-5-12(6-8-13)11-17(23)24)9-10-21-18(25)14-3-1-2-4-15(14)19(21)26/h1-8H,9-11H2,(H,20,22)(H,23,24). The second-order valence-electron chi connectivity index (χ2n) is 5.87. The Kier molecular flexibility index (Phi) is 4.79. The van der Waals surface area contributed by atoms with Crippen molar-refractivity contribution in [2.24, 2.45) is 0 Å². The van der Waals surface area contributed by atoms with Crippen molar-refractivity contribution in [1.29, 1.82) is 0 Å². The number of aliphatic carboxylic acids is 1. The van der Waals surface area contributed by atoms with Gasteiger partial charge in [0.2, 0.25) is 5.91 Å². The first-order chi connectivity index (χ1) is 12.5. The first-order valence-corrected chi connectivity index (χ1v) is 8.01. The Hall–Kier alpha value is -3.48. The average molecular weight is 352 g/mol. The third kappa shape index (κ3) is 3.61. The highest BCUT2D eigenvalue weighted by atomic mass is 16.4. The molecule has 0 aromatic heterocycles. The zero-order valence-corrected chi connectivity index (χ0v) is 13.8. The van der Waals surface area contributed by atoms with Crippen LogP contribution in [0.3, 0.4) is 0 Å². The molecule has 0 fully saturated rings. The normalized spacial score (nSPS) is 12.8. The molecule has 132 valence electrons. The van der Waals surface area contributed by atoms with Crippen molar-refractivity contribution >= 4 is 29.4 Å². The summed E-state index contributed by atoms with van der Waals surface area (Å²) in [6.45, 7) is -0.00468. The van der Waals surface area contributed by atoms with E-state index in [9.17, 15) is 19.2 Å². The molecule has 2 N–H and O–H groups in total. The molecule has 1 aliphatic rings. The van der Waals surface area contributed by atoms with Gasteiger partial charge in [-0.1, -0.05) is 24.3 Å². The number of carbonyl (C=O) groups excluding carboxylic acids is 3. The number of carboxylic acid groups (broad SMARTS) is 1. The molecule has 7 nitrogen and oxygen atoms in total. The fraction of sp³-hybridized carbons (Fsp3) is 0.158. The van der Waals surface area contributed by atoms with Gasteiger partial charge in [-0.3, -0.25) is 24.1 Å². The van der Waals surface area contributed by atoms with E-state index < -0.39 is 17.8 Å². The molecule has 3 amide bonds. The number of benzene rings is 2. The van der Waals surface area contributed by atoms with E-state index in [1.165, 1.54) is 0 Å². The maximum absolute atomic E-state index is 12.2. The molecule has 3 rings (SSSR count). The quantitative estimate of drug-likeness (QED) is 0.773. The Morgan fingerprint density at radius 2 is 1.50 bits per heavy atom.